The van der Waals surface area contributed by atoms with Crippen LogP contribution in [0, 0.1) is 13.8 Å². The number of carbonyl (C=O) groups excluding carboxylic acids is 1. The van der Waals surface area contributed by atoms with Gasteiger partial charge in [-0.1, -0.05) is 24.3 Å². The smallest absolute Gasteiger partial charge is 0.257 e. The summed E-state index contributed by atoms with van der Waals surface area (Å²) >= 11 is 0. The van der Waals surface area contributed by atoms with Crippen molar-refractivity contribution in [2.45, 2.75) is 32.8 Å². The van der Waals surface area contributed by atoms with Gasteiger partial charge in [-0.2, -0.15) is 0 Å². The van der Waals surface area contributed by atoms with E-state index in [1.54, 1.807) is 0 Å². The molecule has 1 fully saturated rings. The number of hydrogen-bond donors (Lipinski definition) is 2. The molecule has 3 N–H and O–H groups in total. The fraction of sp³-hybridized carbons (Fsp3) is 0.292. The van der Waals surface area contributed by atoms with E-state index in [1.165, 1.54) is 0 Å². The molecule has 1 saturated heterocycles. The highest BCUT2D eigenvalue weighted by Crippen LogP contribution is 2.32. The van der Waals surface area contributed by atoms with Gasteiger partial charge in [-0.05, 0) is 56.0 Å². The second-order valence-corrected chi connectivity index (χ2v) is 8.04. The molecular formula is C24H25N5O2. The van der Waals surface area contributed by atoms with Gasteiger partial charge in [0.2, 0.25) is 0 Å². The second kappa shape index (κ2) is 7.67. The first-order chi connectivity index (χ1) is 15.0. The largest absolute Gasteiger partial charge is 0.384 e. The van der Waals surface area contributed by atoms with Gasteiger partial charge in [0.05, 0.1) is 22.8 Å². The molecular weight excluding hydrogens is 390 g/mol. The van der Waals surface area contributed by atoms with Crippen LogP contribution in [-0.4, -0.2) is 39.7 Å². The number of ether oxygens (including phenoxy) is 1. The monoisotopic (exact) mass is 415 g/mol. The van der Waals surface area contributed by atoms with E-state index in [4.69, 9.17) is 20.4 Å². The fourth-order valence-corrected chi connectivity index (χ4v) is 4.21. The molecule has 1 aliphatic heterocycles. The minimum atomic E-state index is -0.258. The van der Waals surface area contributed by atoms with Crippen LogP contribution in [0.1, 0.15) is 34.3 Å². The van der Waals surface area contributed by atoms with E-state index < -0.39 is 0 Å². The Bertz CT molecular complexity index is 1300. The first kappa shape index (κ1) is 19.5. The molecule has 2 aromatic carbocycles. The third kappa shape index (κ3) is 3.31. The van der Waals surface area contributed by atoms with Crippen LogP contribution in [0.3, 0.4) is 0 Å². The highest BCUT2D eigenvalue weighted by Gasteiger charge is 2.26. The molecule has 7 heteroatoms. The van der Waals surface area contributed by atoms with Crippen molar-refractivity contribution >= 4 is 33.9 Å². The normalized spacial score (nSPS) is 16.3. The van der Waals surface area contributed by atoms with Gasteiger partial charge in [-0.25, -0.2) is 9.97 Å². The molecule has 158 valence electrons. The number of nitrogen functional groups attached to an aromatic ring is 1. The zero-order valence-electron chi connectivity index (χ0n) is 17.7. The Labute approximate surface area is 180 Å². The van der Waals surface area contributed by atoms with E-state index in [9.17, 15) is 4.79 Å². The van der Waals surface area contributed by atoms with Crippen LogP contribution in [0.4, 0.5) is 5.82 Å². The SMILES string of the molecule is Cc1cccc(-n2c(N)c(C(=O)NCC3CCCO3)c3nc4ccccc4nc32)c1C. The number of fused-ring (bicyclic) bond motifs is 2. The highest BCUT2D eigenvalue weighted by molar-refractivity contribution is 6.11. The number of amides is 1. The van der Waals surface area contributed by atoms with E-state index in [0.717, 1.165) is 47.3 Å². The first-order valence-electron chi connectivity index (χ1n) is 10.6. The van der Waals surface area contributed by atoms with Crippen LogP contribution < -0.4 is 11.1 Å². The predicted octanol–water partition coefficient (Wildman–Crippen LogP) is 3.68. The molecule has 0 saturated carbocycles. The first-order valence-corrected chi connectivity index (χ1v) is 10.6. The summed E-state index contributed by atoms with van der Waals surface area (Å²) in [6, 6.07) is 13.7. The number of benzene rings is 2. The summed E-state index contributed by atoms with van der Waals surface area (Å²) in [5, 5.41) is 2.99. The average Bonchev–Trinajstić information content (AvgIpc) is 3.38. The molecule has 0 spiro atoms. The van der Waals surface area contributed by atoms with Crippen molar-refractivity contribution in [3.63, 3.8) is 0 Å². The van der Waals surface area contributed by atoms with Crippen LogP contribution in [0.25, 0.3) is 27.9 Å². The summed E-state index contributed by atoms with van der Waals surface area (Å²) in [6.45, 7) is 5.29. The maximum Gasteiger partial charge on any atom is 0.257 e. The van der Waals surface area contributed by atoms with E-state index in [1.807, 2.05) is 47.9 Å². The zero-order chi connectivity index (χ0) is 21.5. The maximum absolute atomic E-state index is 13.2. The summed E-state index contributed by atoms with van der Waals surface area (Å²) in [5.74, 6) is 0.0792. The quantitative estimate of drug-likeness (QED) is 0.530. The van der Waals surface area contributed by atoms with Crippen LogP contribution >= 0.6 is 0 Å². The number of aryl methyl sites for hydroxylation is 1. The number of hydrogen-bond acceptors (Lipinski definition) is 5. The Morgan fingerprint density at radius 1 is 1.16 bits per heavy atom. The minimum Gasteiger partial charge on any atom is -0.384 e. The number of rotatable bonds is 4. The zero-order valence-corrected chi connectivity index (χ0v) is 17.7. The Kier molecular flexibility index (Phi) is 4.82. The van der Waals surface area contributed by atoms with Crippen molar-refractivity contribution in [2.24, 2.45) is 0 Å². The lowest BCUT2D eigenvalue weighted by Gasteiger charge is -2.13. The Morgan fingerprint density at radius 2 is 1.94 bits per heavy atom. The number of nitrogens with two attached hydrogens (primary N) is 1. The number of nitrogens with zero attached hydrogens (tertiary/aromatic N) is 3. The molecule has 0 bridgehead atoms. The van der Waals surface area contributed by atoms with Crippen molar-refractivity contribution in [3.8, 4) is 5.69 Å². The Morgan fingerprint density at radius 3 is 2.68 bits per heavy atom. The van der Waals surface area contributed by atoms with Gasteiger partial charge in [0.25, 0.3) is 5.91 Å². The van der Waals surface area contributed by atoms with Gasteiger partial charge in [0.15, 0.2) is 5.65 Å². The van der Waals surface area contributed by atoms with E-state index in [0.29, 0.717) is 29.1 Å². The van der Waals surface area contributed by atoms with E-state index in [2.05, 4.69) is 18.3 Å². The standard InChI is InChI=1S/C24H25N5O2/c1-14-7-5-11-19(15(14)2)29-22(25)20(24(30)26-13-16-8-6-12-31-16)21-23(29)28-18-10-4-3-9-17(18)27-21/h3-5,7,9-11,16H,6,8,12-13,25H2,1-2H3,(H,26,30). The van der Waals surface area contributed by atoms with Crippen LogP contribution in [-0.2, 0) is 4.74 Å². The molecule has 1 unspecified atom stereocenters. The third-order valence-electron chi connectivity index (χ3n) is 6.06. The Balaban J connectivity index is 1.70. The summed E-state index contributed by atoms with van der Waals surface area (Å²) in [7, 11) is 0. The molecule has 1 atom stereocenters. The molecule has 4 aromatic rings. The van der Waals surface area contributed by atoms with Gasteiger partial charge in [-0.15, -0.1) is 0 Å². The molecule has 1 amide bonds. The van der Waals surface area contributed by atoms with E-state index in [-0.39, 0.29) is 12.0 Å². The second-order valence-electron chi connectivity index (χ2n) is 8.04. The van der Waals surface area contributed by atoms with Gasteiger partial charge in [-0.3, -0.25) is 9.36 Å². The molecule has 0 aliphatic carbocycles. The topological polar surface area (TPSA) is 95.1 Å². The number of nitrogens with one attached hydrogen (secondary N) is 1. The van der Waals surface area contributed by atoms with Crippen LogP contribution in [0.2, 0.25) is 0 Å². The number of carbonyl (C=O) groups is 1. The van der Waals surface area contributed by atoms with Crippen molar-refractivity contribution in [3.05, 3.63) is 59.2 Å². The average molecular weight is 415 g/mol. The van der Waals surface area contributed by atoms with Crippen molar-refractivity contribution < 1.29 is 9.53 Å². The lowest BCUT2D eigenvalue weighted by Crippen LogP contribution is -2.32. The molecule has 3 heterocycles. The molecule has 1 aliphatic rings. The molecule has 0 radical (unpaired) electrons. The Hall–Kier alpha value is -3.45. The lowest BCUT2D eigenvalue weighted by molar-refractivity contribution is 0.0859. The summed E-state index contributed by atoms with van der Waals surface area (Å²) in [4.78, 5) is 22.9. The van der Waals surface area contributed by atoms with Gasteiger partial charge in [0, 0.05) is 13.2 Å². The van der Waals surface area contributed by atoms with Gasteiger partial charge < -0.3 is 15.8 Å². The van der Waals surface area contributed by atoms with Gasteiger partial charge >= 0.3 is 0 Å². The molecule has 31 heavy (non-hydrogen) atoms. The van der Waals surface area contributed by atoms with Gasteiger partial charge in [0.1, 0.15) is 16.9 Å². The van der Waals surface area contributed by atoms with Crippen molar-refractivity contribution in [1.29, 1.82) is 0 Å². The van der Waals surface area contributed by atoms with Crippen molar-refractivity contribution in [1.82, 2.24) is 19.9 Å². The summed E-state index contributed by atoms with van der Waals surface area (Å²) in [6.07, 6.45) is 2.01. The number of anilines is 1. The molecule has 5 rings (SSSR count). The third-order valence-corrected chi connectivity index (χ3v) is 6.06. The predicted molar refractivity (Wildman–Crippen MR) is 122 cm³/mol. The van der Waals surface area contributed by atoms with E-state index >= 15 is 0 Å². The summed E-state index contributed by atoms with van der Waals surface area (Å²) < 4.78 is 7.48. The number of aromatic nitrogens is 3. The number of para-hydroxylation sites is 2. The van der Waals surface area contributed by atoms with Crippen molar-refractivity contribution in [2.75, 3.05) is 18.9 Å². The molecule has 2 aromatic heterocycles. The van der Waals surface area contributed by atoms with Crippen LogP contribution in [0.15, 0.2) is 42.5 Å². The summed E-state index contributed by atoms with van der Waals surface area (Å²) in [5.41, 5.74) is 12.6. The van der Waals surface area contributed by atoms with Crippen LogP contribution in [0.5, 0.6) is 0 Å². The maximum atomic E-state index is 13.2. The fourth-order valence-electron chi connectivity index (χ4n) is 4.21. The lowest BCUT2D eigenvalue weighted by atomic mass is 10.1. The highest BCUT2D eigenvalue weighted by atomic mass is 16.5. The minimum absolute atomic E-state index is 0.0458. The molecule has 7 nitrogen and oxygen atoms in total.